The minimum absolute atomic E-state index is 0.443. The lowest BCUT2D eigenvalue weighted by atomic mass is 10.1. The van der Waals surface area contributed by atoms with Crippen LogP contribution in [0.15, 0.2) is 71.8 Å². The van der Waals surface area contributed by atoms with Crippen molar-refractivity contribution in [3.05, 3.63) is 66.9 Å². The zero-order valence-corrected chi connectivity index (χ0v) is 18.7. The molecule has 7 heteroatoms. The predicted octanol–water partition coefficient (Wildman–Crippen LogP) is 4.04. The van der Waals surface area contributed by atoms with E-state index in [-0.39, 0.29) is 0 Å². The smallest absolute Gasteiger partial charge is 0.265 e. The molecule has 1 N–H and O–H groups in total. The van der Waals surface area contributed by atoms with Gasteiger partial charge in [0.15, 0.2) is 0 Å². The first-order valence-electron chi connectivity index (χ1n) is 11.2. The maximum atomic E-state index is 13.1. The summed E-state index contributed by atoms with van der Waals surface area (Å²) in [5, 5.41) is 3.09. The Balaban J connectivity index is 1.08. The van der Waals surface area contributed by atoms with Crippen LogP contribution in [-0.4, -0.2) is 57.6 Å². The molecular formula is C25H26N4O2S. The number of sulfonamides is 1. The second-order valence-electron chi connectivity index (χ2n) is 8.64. The van der Waals surface area contributed by atoms with E-state index in [4.69, 9.17) is 0 Å². The van der Waals surface area contributed by atoms with Crippen LogP contribution in [-0.2, 0) is 10.0 Å². The summed E-state index contributed by atoms with van der Waals surface area (Å²) in [4.78, 5) is 8.61. The van der Waals surface area contributed by atoms with Gasteiger partial charge in [-0.2, -0.15) is 0 Å². The van der Waals surface area contributed by atoms with Gasteiger partial charge in [0.1, 0.15) is 0 Å². The van der Waals surface area contributed by atoms with Crippen molar-refractivity contribution in [2.24, 2.45) is 0 Å². The fraction of sp³-hybridized carbons (Fsp3) is 0.280. The van der Waals surface area contributed by atoms with Crippen LogP contribution >= 0.6 is 0 Å². The molecule has 0 bridgehead atoms. The average molecular weight is 447 g/mol. The molecule has 4 aromatic rings. The highest BCUT2D eigenvalue weighted by Gasteiger charge is 2.35. The van der Waals surface area contributed by atoms with Crippen LogP contribution in [0.25, 0.3) is 21.7 Å². The Hall–Kier alpha value is -3.03. The summed E-state index contributed by atoms with van der Waals surface area (Å²) in [6.45, 7) is 5.37. The van der Waals surface area contributed by atoms with Gasteiger partial charge in [-0.25, -0.2) is 8.42 Å². The van der Waals surface area contributed by atoms with E-state index in [9.17, 15) is 8.42 Å². The van der Waals surface area contributed by atoms with Crippen LogP contribution in [0.3, 0.4) is 0 Å². The molecule has 6 rings (SSSR count). The monoisotopic (exact) mass is 446 g/mol. The van der Waals surface area contributed by atoms with Gasteiger partial charge in [0.2, 0.25) is 0 Å². The largest absolute Gasteiger partial charge is 0.369 e. The molecule has 0 amide bonds. The van der Waals surface area contributed by atoms with Crippen LogP contribution in [0.4, 0.5) is 11.4 Å². The molecule has 0 aliphatic carbocycles. The molecule has 0 saturated carbocycles. The number of rotatable bonds is 5. The van der Waals surface area contributed by atoms with Gasteiger partial charge in [-0.1, -0.05) is 30.3 Å². The Bertz CT molecular complexity index is 1400. The molecule has 0 atom stereocenters. The van der Waals surface area contributed by atoms with Gasteiger partial charge in [-0.3, -0.25) is 9.21 Å². The Morgan fingerprint density at radius 3 is 2.50 bits per heavy atom. The van der Waals surface area contributed by atoms with Gasteiger partial charge in [-0.15, -0.1) is 0 Å². The fourth-order valence-electron chi connectivity index (χ4n) is 5.10. The third-order valence-electron chi connectivity index (χ3n) is 6.79. The van der Waals surface area contributed by atoms with E-state index >= 15 is 0 Å². The van der Waals surface area contributed by atoms with Crippen molar-refractivity contribution in [1.29, 1.82) is 0 Å². The van der Waals surface area contributed by atoms with E-state index in [1.54, 1.807) is 10.4 Å². The average Bonchev–Trinajstić information content (AvgIpc) is 3.37. The number of fused-ring (bicyclic) bond motifs is 1. The molecule has 1 saturated heterocycles. The van der Waals surface area contributed by atoms with Gasteiger partial charge in [-0.05, 0) is 47.5 Å². The lowest BCUT2D eigenvalue weighted by Crippen LogP contribution is -2.47. The van der Waals surface area contributed by atoms with Crippen molar-refractivity contribution in [2.75, 3.05) is 48.5 Å². The highest BCUT2D eigenvalue weighted by atomic mass is 32.2. The SMILES string of the molecule is O=S1(=O)c2cccc3cccc(c23)N1CCCN1CCN(c2ccc3cc[nH]c3c2)CC1. The number of aromatic nitrogens is 1. The van der Waals surface area contributed by atoms with E-state index in [2.05, 4.69) is 39.0 Å². The zero-order chi connectivity index (χ0) is 21.7. The summed E-state index contributed by atoms with van der Waals surface area (Å²) in [5.74, 6) is 0. The maximum Gasteiger partial charge on any atom is 0.265 e. The van der Waals surface area contributed by atoms with Gasteiger partial charge >= 0.3 is 0 Å². The van der Waals surface area contributed by atoms with E-state index in [1.807, 2.05) is 36.5 Å². The fourth-order valence-corrected chi connectivity index (χ4v) is 6.85. The number of anilines is 2. The summed E-state index contributed by atoms with van der Waals surface area (Å²) >= 11 is 0. The molecule has 0 radical (unpaired) electrons. The molecule has 0 unspecified atom stereocenters. The van der Waals surface area contributed by atoms with Crippen molar-refractivity contribution in [3.8, 4) is 0 Å². The normalized spacial score (nSPS) is 18.1. The number of nitrogens with zero attached hydrogens (tertiary/aromatic N) is 3. The summed E-state index contributed by atoms with van der Waals surface area (Å²) < 4.78 is 27.9. The van der Waals surface area contributed by atoms with Crippen molar-refractivity contribution in [1.82, 2.24) is 9.88 Å². The zero-order valence-electron chi connectivity index (χ0n) is 17.9. The maximum absolute atomic E-state index is 13.1. The Labute approximate surface area is 188 Å². The molecule has 2 aliphatic heterocycles. The van der Waals surface area contributed by atoms with Gasteiger partial charge < -0.3 is 9.88 Å². The Morgan fingerprint density at radius 2 is 1.66 bits per heavy atom. The summed E-state index contributed by atoms with van der Waals surface area (Å²) in [5.41, 5.74) is 3.25. The number of benzene rings is 3. The summed E-state index contributed by atoms with van der Waals surface area (Å²) in [6, 6.07) is 20.1. The first-order chi connectivity index (χ1) is 15.6. The lowest BCUT2D eigenvalue weighted by Gasteiger charge is -2.36. The van der Waals surface area contributed by atoms with Crippen LogP contribution in [0, 0.1) is 0 Å². The minimum atomic E-state index is -3.46. The molecule has 3 aromatic carbocycles. The predicted molar refractivity (Wildman–Crippen MR) is 130 cm³/mol. The second-order valence-corrected chi connectivity index (χ2v) is 10.5. The van der Waals surface area contributed by atoms with Crippen LogP contribution in [0.2, 0.25) is 0 Å². The van der Waals surface area contributed by atoms with Crippen LogP contribution < -0.4 is 9.21 Å². The van der Waals surface area contributed by atoms with Gasteiger partial charge in [0, 0.05) is 62.1 Å². The molecule has 164 valence electrons. The third kappa shape index (κ3) is 3.15. The standard InChI is InChI=1S/C25H26N4O2S/c30-32(31)24-7-2-5-20-4-1-6-23(25(20)24)29(32)13-3-12-27-14-16-28(17-15-27)21-9-8-19-10-11-26-22(19)18-21/h1-2,4-11,18,26H,3,12-17H2. The highest BCUT2D eigenvalue weighted by molar-refractivity contribution is 7.93. The van der Waals surface area contributed by atoms with E-state index < -0.39 is 10.0 Å². The molecule has 2 aliphatic rings. The molecule has 6 nitrogen and oxygen atoms in total. The molecule has 3 heterocycles. The molecular weight excluding hydrogens is 420 g/mol. The Kier molecular flexibility index (Phi) is 4.62. The second kappa shape index (κ2) is 7.53. The summed E-state index contributed by atoms with van der Waals surface area (Å²) in [7, 11) is -3.46. The van der Waals surface area contributed by atoms with Gasteiger partial charge in [0.05, 0.1) is 10.6 Å². The van der Waals surface area contributed by atoms with E-state index in [0.717, 1.165) is 55.6 Å². The van der Waals surface area contributed by atoms with Crippen LogP contribution in [0.1, 0.15) is 6.42 Å². The molecule has 32 heavy (non-hydrogen) atoms. The van der Waals surface area contributed by atoms with Crippen LogP contribution in [0.5, 0.6) is 0 Å². The molecule has 1 aromatic heterocycles. The number of H-pyrrole nitrogens is 1. The topological polar surface area (TPSA) is 59.7 Å². The quantitative estimate of drug-likeness (QED) is 0.503. The van der Waals surface area contributed by atoms with Crippen molar-refractivity contribution in [3.63, 3.8) is 0 Å². The van der Waals surface area contributed by atoms with Gasteiger partial charge in [0.25, 0.3) is 10.0 Å². The van der Waals surface area contributed by atoms with Crippen molar-refractivity contribution < 1.29 is 8.42 Å². The highest BCUT2D eigenvalue weighted by Crippen LogP contribution is 2.41. The number of hydrogen-bond acceptors (Lipinski definition) is 4. The first kappa shape index (κ1) is 19.6. The summed E-state index contributed by atoms with van der Waals surface area (Å²) in [6.07, 6.45) is 2.80. The van der Waals surface area contributed by atoms with Crippen molar-refractivity contribution in [2.45, 2.75) is 11.3 Å². The Morgan fingerprint density at radius 1 is 0.844 bits per heavy atom. The lowest BCUT2D eigenvalue weighted by molar-refractivity contribution is 0.256. The number of piperazine rings is 1. The molecule has 1 fully saturated rings. The molecule has 0 spiro atoms. The van der Waals surface area contributed by atoms with E-state index in [0.29, 0.717) is 11.4 Å². The third-order valence-corrected chi connectivity index (χ3v) is 8.65. The number of aromatic amines is 1. The number of nitrogens with one attached hydrogen (secondary N) is 1. The number of hydrogen-bond donors (Lipinski definition) is 1. The first-order valence-corrected chi connectivity index (χ1v) is 12.6. The van der Waals surface area contributed by atoms with E-state index in [1.165, 1.54) is 16.6 Å². The minimum Gasteiger partial charge on any atom is -0.369 e. The van der Waals surface area contributed by atoms with Crippen molar-refractivity contribution >= 4 is 43.1 Å².